The molecule has 0 bridgehead atoms. The van der Waals surface area contributed by atoms with Crippen LogP contribution in [0.25, 0.3) is 11.3 Å². The van der Waals surface area contributed by atoms with Crippen molar-refractivity contribution in [1.82, 2.24) is 9.78 Å². The first-order chi connectivity index (χ1) is 10.3. The van der Waals surface area contributed by atoms with E-state index < -0.39 is 0 Å². The predicted octanol–water partition coefficient (Wildman–Crippen LogP) is 3.55. The van der Waals surface area contributed by atoms with Gasteiger partial charge >= 0.3 is 0 Å². The van der Waals surface area contributed by atoms with E-state index in [0.29, 0.717) is 23.4 Å². The lowest BCUT2D eigenvalue weighted by Gasteiger charge is -2.01. The number of hydrogen-bond acceptors (Lipinski definition) is 2. The van der Waals surface area contributed by atoms with Gasteiger partial charge in [-0.25, -0.2) is 4.39 Å². The Labute approximate surface area is 121 Å². The largest absolute Gasteiger partial charge is 0.298 e. The molecule has 3 aromatic rings. The molecule has 0 unspecified atom stereocenters. The van der Waals surface area contributed by atoms with Gasteiger partial charge < -0.3 is 0 Å². The topological polar surface area (TPSA) is 34.9 Å². The first-order valence-electron chi connectivity index (χ1n) is 6.59. The molecule has 0 spiro atoms. The highest BCUT2D eigenvalue weighted by Gasteiger charge is 2.11. The Morgan fingerprint density at radius 2 is 1.90 bits per heavy atom. The quantitative estimate of drug-likeness (QED) is 0.685. The van der Waals surface area contributed by atoms with Crippen LogP contribution in [0.1, 0.15) is 15.9 Å². The van der Waals surface area contributed by atoms with Crippen molar-refractivity contribution in [2.24, 2.45) is 0 Å². The Morgan fingerprint density at radius 1 is 1.10 bits per heavy atom. The minimum absolute atomic E-state index is 0.345. The average Bonchev–Trinajstić information content (AvgIpc) is 2.91. The summed E-state index contributed by atoms with van der Waals surface area (Å²) in [6.45, 7) is 0.566. The van der Waals surface area contributed by atoms with Crippen LogP contribution in [0.15, 0.2) is 60.8 Å². The zero-order chi connectivity index (χ0) is 14.7. The summed E-state index contributed by atoms with van der Waals surface area (Å²) in [7, 11) is 0. The van der Waals surface area contributed by atoms with Crippen molar-refractivity contribution in [2.75, 3.05) is 0 Å². The molecule has 0 fully saturated rings. The number of rotatable bonds is 4. The van der Waals surface area contributed by atoms with E-state index >= 15 is 0 Å². The van der Waals surface area contributed by atoms with Gasteiger partial charge in [0.2, 0.25) is 0 Å². The van der Waals surface area contributed by atoms with Gasteiger partial charge in [0.25, 0.3) is 0 Å². The second kappa shape index (κ2) is 5.71. The van der Waals surface area contributed by atoms with Crippen molar-refractivity contribution in [1.29, 1.82) is 0 Å². The summed E-state index contributed by atoms with van der Waals surface area (Å²) >= 11 is 0. The highest BCUT2D eigenvalue weighted by molar-refractivity contribution is 5.85. The van der Waals surface area contributed by atoms with Crippen molar-refractivity contribution in [2.45, 2.75) is 6.54 Å². The van der Waals surface area contributed by atoms with Crippen LogP contribution >= 0.6 is 0 Å². The van der Waals surface area contributed by atoms with E-state index in [1.807, 2.05) is 30.3 Å². The van der Waals surface area contributed by atoms with Crippen molar-refractivity contribution in [3.63, 3.8) is 0 Å². The van der Waals surface area contributed by atoms with E-state index in [0.717, 1.165) is 11.8 Å². The first kappa shape index (κ1) is 13.2. The molecule has 0 aliphatic heterocycles. The fraction of sp³-hybridized carbons (Fsp3) is 0.0588. The Morgan fingerprint density at radius 3 is 2.62 bits per heavy atom. The number of nitrogens with zero attached hydrogens (tertiary/aromatic N) is 2. The number of aldehydes is 1. The molecule has 3 nitrogen and oxygen atoms in total. The fourth-order valence-electron chi connectivity index (χ4n) is 2.23. The van der Waals surface area contributed by atoms with Crippen molar-refractivity contribution in [3.05, 3.63) is 77.7 Å². The molecule has 0 aliphatic rings. The maximum atomic E-state index is 13.3. The van der Waals surface area contributed by atoms with Gasteiger partial charge in [0.15, 0.2) is 6.29 Å². The highest BCUT2D eigenvalue weighted by atomic mass is 19.1. The summed E-state index contributed by atoms with van der Waals surface area (Å²) in [4.78, 5) is 11.2. The van der Waals surface area contributed by atoms with E-state index in [-0.39, 0.29) is 5.82 Å². The zero-order valence-electron chi connectivity index (χ0n) is 11.2. The molecule has 4 heteroatoms. The van der Waals surface area contributed by atoms with Gasteiger partial charge in [-0.05, 0) is 17.7 Å². The fourth-order valence-corrected chi connectivity index (χ4v) is 2.23. The van der Waals surface area contributed by atoms with Crippen LogP contribution in [0.5, 0.6) is 0 Å². The Hall–Kier alpha value is -2.75. The van der Waals surface area contributed by atoms with Gasteiger partial charge in [-0.15, -0.1) is 0 Å². The summed E-state index contributed by atoms with van der Waals surface area (Å²) < 4.78 is 15.0. The highest BCUT2D eigenvalue weighted by Crippen LogP contribution is 2.22. The maximum Gasteiger partial charge on any atom is 0.153 e. The van der Waals surface area contributed by atoms with Crippen LogP contribution in [-0.2, 0) is 6.54 Å². The van der Waals surface area contributed by atoms with Crippen LogP contribution in [0.2, 0.25) is 0 Å². The van der Waals surface area contributed by atoms with E-state index in [2.05, 4.69) is 5.10 Å². The van der Waals surface area contributed by atoms with Crippen molar-refractivity contribution >= 4 is 6.29 Å². The third-order valence-electron chi connectivity index (χ3n) is 3.20. The molecule has 104 valence electrons. The lowest BCUT2D eigenvalue weighted by atomic mass is 10.1. The minimum atomic E-state index is -0.345. The third kappa shape index (κ3) is 2.89. The van der Waals surface area contributed by atoms with Gasteiger partial charge in [0.05, 0.1) is 12.1 Å². The molecule has 0 N–H and O–H groups in total. The van der Waals surface area contributed by atoms with Crippen LogP contribution in [0.4, 0.5) is 4.39 Å². The van der Waals surface area contributed by atoms with Crippen LogP contribution in [0.3, 0.4) is 0 Å². The van der Waals surface area contributed by atoms with E-state index in [1.165, 1.54) is 12.1 Å². The van der Waals surface area contributed by atoms with Gasteiger partial charge in [-0.3, -0.25) is 9.48 Å². The molecule has 0 saturated heterocycles. The molecular weight excluding hydrogens is 267 g/mol. The molecule has 21 heavy (non-hydrogen) atoms. The van der Waals surface area contributed by atoms with Crippen molar-refractivity contribution < 1.29 is 9.18 Å². The minimum Gasteiger partial charge on any atom is -0.298 e. The summed E-state index contributed by atoms with van der Waals surface area (Å²) in [6, 6.07) is 15.9. The number of benzene rings is 2. The number of aromatic nitrogens is 2. The number of carbonyl (C=O) groups is 1. The molecule has 1 aromatic heterocycles. The lowest BCUT2D eigenvalue weighted by molar-refractivity contribution is 0.112. The molecular formula is C17H13FN2O. The zero-order valence-corrected chi connectivity index (χ0v) is 11.2. The van der Waals surface area contributed by atoms with E-state index in [1.54, 1.807) is 23.0 Å². The summed E-state index contributed by atoms with van der Waals surface area (Å²) in [5, 5.41) is 4.41. The number of halogens is 1. The number of hydrogen-bond donors (Lipinski definition) is 0. The Kier molecular flexibility index (Phi) is 3.60. The van der Waals surface area contributed by atoms with E-state index in [9.17, 15) is 9.18 Å². The summed E-state index contributed by atoms with van der Waals surface area (Å²) in [5.74, 6) is -0.345. The first-order valence-corrected chi connectivity index (χ1v) is 6.59. The summed E-state index contributed by atoms with van der Waals surface area (Å²) in [6.07, 6.45) is 2.43. The molecule has 1 heterocycles. The van der Waals surface area contributed by atoms with Gasteiger partial charge in [-0.2, -0.15) is 5.10 Å². The maximum absolute atomic E-state index is 13.3. The normalized spacial score (nSPS) is 10.5. The second-order valence-electron chi connectivity index (χ2n) is 4.74. The van der Waals surface area contributed by atoms with Crippen LogP contribution in [0, 0.1) is 5.82 Å². The molecule has 0 radical (unpaired) electrons. The number of carbonyl (C=O) groups excluding carboxylic acids is 1. The third-order valence-corrected chi connectivity index (χ3v) is 3.20. The molecule has 0 atom stereocenters. The van der Waals surface area contributed by atoms with E-state index in [4.69, 9.17) is 0 Å². The summed E-state index contributed by atoms with van der Waals surface area (Å²) in [5.41, 5.74) is 2.64. The Balaban J connectivity index is 1.97. The standard InChI is InChI=1S/C17H13FN2O/c18-16-8-4-7-14(9-16)17-15(12-21)11-20(19-17)10-13-5-2-1-3-6-13/h1-9,11-12H,10H2. The molecule has 0 amide bonds. The monoisotopic (exact) mass is 280 g/mol. The van der Waals surface area contributed by atoms with Gasteiger partial charge in [0, 0.05) is 11.8 Å². The molecule has 0 saturated carbocycles. The predicted molar refractivity (Wildman–Crippen MR) is 78.6 cm³/mol. The van der Waals surface area contributed by atoms with Gasteiger partial charge in [-0.1, -0.05) is 42.5 Å². The van der Waals surface area contributed by atoms with Crippen molar-refractivity contribution in [3.8, 4) is 11.3 Å². The molecule has 2 aromatic carbocycles. The smallest absolute Gasteiger partial charge is 0.153 e. The average molecular weight is 280 g/mol. The molecule has 0 aliphatic carbocycles. The molecule has 3 rings (SSSR count). The second-order valence-corrected chi connectivity index (χ2v) is 4.74. The SMILES string of the molecule is O=Cc1cn(Cc2ccccc2)nc1-c1cccc(F)c1. The van der Waals surface area contributed by atoms with Crippen LogP contribution < -0.4 is 0 Å². The van der Waals surface area contributed by atoms with Crippen LogP contribution in [-0.4, -0.2) is 16.1 Å². The lowest BCUT2D eigenvalue weighted by Crippen LogP contribution is -2.00. The Bertz CT molecular complexity index is 765. The van der Waals surface area contributed by atoms with Gasteiger partial charge in [0.1, 0.15) is 11.5 Å².